The van der Waals surface area contributed by atoms with Crippen LogP contribution in [0, 0.1) is 11.8 Å². The first kappa shape index (κ1) is 12.6. The fourth-order valence-corrected chi connectivity index (χ4v) is 4.61. The van der Waals surface area contributed by atoms with Gasteiger partial charge in [-0.05, 0) is 42.9 Å². The maximum Gasteiger partial charge on any atom is 0.0260 e. The van der Waals surface area contributed by atoms with Crippen molar-refractivity contribution in [3.63, 3.8) is 0 Å². The van der Waals surface area contributed by atoms with E-state index in [2.05, 4.69) is 48.3 Å². The van der Waals surface area contributed by atoms with Gasteiger partial charge in [-0.2, -0.15) is 0 Å². The molecule has 0 aromatic heterocycles. The molecule has 1 aliphatic carbocycles. The molecule has 0 radical (unpaired) electrons. The molecule has 1 nitrogen and oxygen atoms in total. The summed E-state index contributed by atoms with van der Waals surface area (Å²) in [5, 5.41) is 4.46. The molecular formula is C16H23NS. The molecule has 1 aliphatic heterocycles. The molecule has 0 amide bonds. The summed E-state index contributed by atoms with van der Waals surface area (Å²) in [5.74, 6) is 1.87. The Hall–Kier alpha value is -0.470. The Bertz CT molecular complexity index is 379. The average molecular weight is 261 g/mol. The monoisotopic (exact) mass is 261 g/mol. The molecule has 1 aromatic rings. The number of hydrogen-bond donors (Lipinski definition) is 1. The minimum Gasteiger partial charge on any atom is -0.315 e. The van der Waals surface area contributed by atoms with E-state index in [9.17, 15) is 0 Å². The molecule has 0 saturated heterocycles. The summed E-state index contributed by atoms with van der Waals surface area (Å²) in [6.07, 6.45) is 5.56. The molecule has 0 spiro atoms. The molecule has 1 heterocycles. The van der Waals surface area contributed by atoms with E-state index in [1.165, 1.54) is 43.7 Å². The van der Waals surface area contributed by atoms with Crippen molar-refractivity contribution in [3.05, 3.63) is 29.8 Å². The molecule has 3 unspecified atom stereocenters. The number of benzene rings is 1. The smallest absolute Gasteiger partial charge is 0.0260 e. The van der Waals surface area contributed by atoms with E-state index in [0.717, 1.165) is 17.1 Å². The molecule has 3 rings (SSSR count). The van der Waals surface area contributed by atoms with Crippen molar-refractivity contribution in [2.75, 3.05) is 13.1 Å². The van der Waals surface area contributed by atoms with Gasteiger partial charge >= 0.3 is 0 Å². The fourth-order valence-electron chi connectivity index (χ4n) is 3.32. The number of hydrogen-bond acceptors (Lipinski definition) is 2. The van der Waals surface area contributed by atoms with Crippen molar-refractivity contribution in [2.45, 2.75) is 42.8 Å². The average Bonchev–Trinajstić information content (AvgIpc) is 2.96. The highest BCUT2D eigenvalue weighted by molar-refractivity contribution is 8.00. The summed E-state index contributed by atoms with van der Waals surface area (Å²) >= 11 is 2.06. The maximum absolute atomic E-state index is 3.71. The standard InChI is InChI=1S/C16H23NS/c1-12-5-4-7-14(12)10-17-11-15-9-13-6-2-3-8-16(13)18-15/h2-3,6,8,12,14-15,17H,4-5,7,9-11H2,1H3. The van der Waals surface area contributed by atoms with Crippen molar-refractivity contribution in [1.29, 1.82) is 0 Å². The summed E-state index contributed by atoms with van der Waals surface area (Å²) < 4.78 is 0. The molecule has 18 heavy (non-hydrogen) atoms. The zero-order valence-corrected chi connectivity index (χ0v) is 12.0. The van der Waals surface area contributed by atoms with E-state index in [-0.39, 0.29) is 0 Å². The van der Waals surface area contributed by atoms with E-state index < -0.39 is 0 Å². The summed E-state index contributed by atoms with van der Waals surface area (Å²) in [5.41, 5.74) is 1.54. The second kappa shape index (κ2) is 5.66. The Morgan fingerprint density at radius 1 is 1.22 bits per heavy atom. The predicted octanol–water partition coefficient (Wildman–Crippen LogP) is 3.73. The van der Waals surface area contributed by atoms with Gasteiger partial charge in [-0.15, -0.1) is 11.8 Å². The SMILES string of the molecule is CC1CCCC1CNCC1Cc2ccccc2S1. The second-order valence-electron chi connectivity index (χ2n) is 5.88. The van der Waals surface area contributed by atoms with E-state index in [1.54, 1.807) is 5.56 Å². The molecule has 98 valence electrons. The van der Waals surface area contributed by atoms with E-state index >= 15 is 0 Å². The van der Waals surface area contributed by atoms with Gasteiger partial charge in [0.05, 0.1) is 0 Å². The lowest BCUT2D eigenvalue weighted by Gasteiger charge is -2.17. The largest absolute Gasteiger partial charge is 0.315 e. The lowest BCUT2D eigenvalue weighted by molar-refractivity contribution is 0.393. The fraction of sp³-hybridized carbons (Fsp3) is 0.625. The minimum atomic E-state index is 0.749. The summed E-state index contributed by atoms with van der Waals surface area (Å²) in [6, 6.07) is 8.86. The Balaban J connectivity index is 1.43. The van der Waals surface area contributed by atoms with Crippen LogP contribution in [0.1, 0.15) is 31.7 Å². The van der Waals surface area contributed by atoms with Crippen LogP contribution < -0.4 is 5.32 Å². The molecule has 1 fully saturated rings. The van der Waals surface area contributed by atoms with Crippen molar-refractivity contribution >= 4 is 11.8 Å². The third-order valence-corrected chi connectivity index (χ3v) is 5.85. The Morgan fingerprint density at radius 3 is 2.89 bits per heavy atom. The third-order valence-electron chi connectivity index (χ3n) is 4.53. The van der Waals surface area contributed by atoms with Crippen molar-refractivity contribution < 1.29 is 0 Å². The molecule has 2 heteroatoms. The predicted molar refractivity (Wildman–Crippen MR) is 79.2 cm³/mol. The van der Waals surface area contributed by atoms with E-state index in [4.69, 9.17) is 0 Å². The zero-order chi connectivity index (χ0) is 12.4. The number of nitrogens with one attached hydrogen (secondary N) is 1. The lowest BCUT2D eigenvalue weighted by atomic mass is 9.98. The Labute approximate surface area is 115 Å². The van der Waals surface area contributed by atoms with E-state index in [0.29, 0.717) is 0 Å². The van der Waals surface area contributed by atoms with Gasteiger partial charge < -0.3 is 5.32 Å². The second-order valence-corrected chi connectivity index (χ2v) is 7.22. The van der Waals surface area contributed by atoms with Crippen LogP contribution in [-0.2, 0) is 6.42 Å². The first-order valence-corrected chi connectivity index (χ1v) is 8.16. The van der Waals surface area contributed by atoms with Crippen LogP contribution >= 0.6 is 11.8 Å². The first-order chi connectivity index (χ1) is 8.83. The van der Waals surface area contributed by atoms with Crippen LogP contribution in [0.25, 0.3) is 0 Å². The summed E-state index contributed by atoms with van der Waals surface area (Å²) in [4.78, 5) is 1.50. The van der Waals surface area contributed by atoms with Gasteiger partial charge in [-0.3, -0.25) is 0 Å². The van der Waals surface area contributed by atoms with Gasteiger partial charge in [-0.1, -0.05) is 38.0 Å². The highest BCUT2D eigenvalue weighted by Crippen LogP contribution is 2.36. The molecule has 2 aliphatic rings. The van der Waals surface area contributed by atoms with Gasteiger partial charge in [0.2, 0.25) is 0 Å². The number of rotatable bonds is 4. The zero-order valence-electron chi connectivity index (χ0n) is 11.2. The Kier molecular flexibility index (Phi) is 3.95. The van der Waals surface area contributed by atoms with Crippen molar-refractivity contribution in [3.8, 4) is 0 Å². The molecule has 1 aromatic carbocycles. The quantitative estimate of drug-likeness (QED) is 0.886. The Morgan fingerprint density at radius 2 is 2.11 bits per heavy atom. The lowest BCUT2D eigenvalue weighted by Crippen LogP contribution is -2.30. The highest BCUT2D eigenvalue weighted by atomic mass is 32.2. The topological polar surface area (TPSA) is 12.0 Å². The molecule has 1 saturated carbocycles. The normalized spacial score (nSPS) is 30.6. The number of thioether (sulfide) groups is 1. The van der Waals surface area contributed by atoms with Crippen LogP contribution in [0.5, 0.6) is 0 Å². The van der Waals surface area contributed by atoms with Gasteiger partial charge in [0.15, 0.2) is 0 Å². The molecular weight excluding hydrogens is 238 g/mol. The van der Waals surface area contributed by atoms with Gasteiger partial charge in [0.25, 0.3) is 0 Å². The van der Waals surface area contributed by atoms with Crippen molar-refractivity contribution in [2.24, 2.45) is 11.8 Å². The minimum absolute atomic E-state index is 0.749. The van der Waals surface area contributed by atoms with Gasteiger partial charge in [-0.25, -0.2) is 0 Å². The molecule has 1 N–H and O–H groups in total. The summed E-state index contributed by atoms with van der Waals surface area (Å²) in [6.45, 7) is 4.82. The van der Waals surface area contributed by atoms with Gasteiger partial charge in [0, 0.05) is 16.7 Å². The first-order valence-electron chi connectivity index (χ1n) is 7.28. The van der Waals surface area contributed by atoms with Crippen LogP contribution in [-0.4, -0.2) is 18.3 Å². The molecule has 0 bridgehead atoms. The molecule has 3 atom stereocenters. The van der Waals surface area contributed by atoms with Gasteiger partial charge in [0.1, 0.15) is 0 Å². The van der Waals surface area contributed by atoms with Crippen LogP contribution in [0.15, 0.2) is 29.2 Å². The van der Waals surface area contributed by atoms with E-state index in [1.807, 2.05) is 0 Å². The van der Waals surface area contributed by atoms with Crippen LogP contribution in [0.4, 0.5) is 0 Å². The maximum atomic E-state index is 3.71. The van der Waals surface area contributed by atoms with Crippen molar-refractivity contribution in [1.82, 2.24) is 5.32 Å². The third kappa shape index (κ3) is 2.75. The summed E-state index contributed by atoms with van der Waals surface area (Å²) in [7, 11) is 0. The highest BCUT2D eigenvalue weighted by Gasteiger charge is 2.24. The number of fused-ring (bicyclic) bond motifs is 1. The van der Waals surface area contributed by atoms with Crippen LogP contribution in [0.3, 0.4) is 0 Å². The van der Waals surface area contributed by atoms with Crippen LogP contribution in [0.2, 0.25) is 0 Å².